The standard InChI is InChI=1S/C15H10ClF3O2/c16-13-7-12(15(17,18)19)5-6-14(13)21-9-11-3-1-10(8-20)2-4-11/h1-8H,9H2. The van der Waals surface area contributed by atoms with Crippen LogP contribution < -0.4 is 4.74 Å². The van der Waals surface area contributed by atoms with Crippen molar-refractivity contribution in [3.8, 4) is 5.75 Å². The Balaban J connectivity index is 2.07. The molecule has 0 fully saturated rings. The Kier molecular flexibility index (Phi) is 4.53. The maximum Gasteiger partial charge on any atom is 0.416 e. The molecule has 0 saturated carbocycles. The minimum absolute atomic E-state index is 0.102. The monoisotopic (exact) mass is 314 g/mol. The molecule has 0 N–H and O–H groups in total. The second-order valence-corrected chi connectivity index (χ2v) is 4.70. The van der Waals surface area contributed by atoms with Crippen molar-refractivity contribution in [2.24, 2.45) is 0 Å². The van der Waals surface area contributed by atoms with Gasteiger partial charge in [0.05, 0.1) is 10.6 Å². The Morgan fingerprint density at radius 1 is 1.10 bits per heavy atom. The summed E-state index contributed by atoms with van der Waals surface area (Å²) >= 11 is 5.78. The molecular weight excluding hydrogens is 305 g/mol. The molecule has 0 aromatic heterocycles. The van der Waals surface area contributed by atoms with Crippen LogP contribution in [0.2, 0.25) is 5.02 Å². The smallest absolute Gasteiger partial charge is 0.416 e. The highest BCUT2D eigenvalue weighted by Crippen LogP contribution is 2.34. The van der Waals surface area contributed by atoms with Gasteiger partial charge in [-0.25, -0.2) is 0 Å². The van der Waals surface area contributed by atoms with Crippen molar-refractivity contribution in [2.75, 3.05) is 0 Å². The molecule has 0 saturated heterocycles. The molecule has 0 spiro atoms. The molecule has 0 aliphatic heterocycles. The average Bonchev–Trinajstić information content (AvgIpc) is 2.45. The maximum absolute atomic E-state index is 12.5. The molecular formula is C15H10ClF3O2. The van der Waals surface area contributed by atoms with E-state index in [0.29, 0.717) is 5.56 Å². The summed E-state index contributed by atoms with van der Waals surface area (Å²) in [6, 6.07) is 9.57. The molecule has 2 aromatic rings. The topological polar surface area (TPSA) is 26.3 Å². The van der Waals surface area contributed by atoms with E-state index in [4.69, 9.17) is 16.3 Å². The molecule has 21 heavy (non-hydrogen) atoms. The quantitative estimate of drug-likeness (QED) is 0.761. The van der Waals surface area contributed by atoms with E-state index in [-0.39, 0.29) is 17.4 Å². The predicted octanol–water partition coefficient (Wildman–Crippen LogP) is 4.75. The fourth-order valence-corrected chi connectivity index (χ4v) is 1.88. The van der Waals surface area contributed by atoms with Crippen LogP contribution in [0.25, 0.3) is 0 Å². The van der Waals surface area contributed by atoms with E-state index in [1.54, 1.807) is 24.3 Å². The Morgan fingerprint density at radius 3 is 2.29 bits per heavy atom. The van der Waals surface area contributed by atoms with Gasteiger partial charge in [-0.05, 0) is 23.8 Å². The van der Waals surface area contributed by atoms with Gasteiger partial charge < -0.3 is 4.74 Å². The highest BCUT2D eigenvalue weighted by atomic mass is 35.5. The first-order valence-electron chi connectivity index (χ1n) is 5.94. The first-order valence-corrected chi connectivity index (χ1v) is 6.31. The third kappa shape index (κ3) is 3.98. The zero-order valence-electron chi connectivity index (χ0n) is 10.7. The highest BCUT2D eigenvalue weighted by Gasteiger charge is 2.31. The predicted molar refractivity (Wildman–Crippen MR) is 72.6 cm³/mol. The molecule has 0 bridgehead atoms. The fraction of sp³-hybridized carbons (Fsp3) is 0.133. The zero-order valence-corrected chi connectivity index (χ0v) is 11.4. The molecule has 0 atom stereocenters. The molecule has 0 radical (unpaired) electrons. The molecule has 0 amide bonds. The van der Waals surface area contributed by atoms with Crippen molar-refractivity contribution < 1.29 is 22.7 Å². The minimum Gasteiger partial charge on any atom is -0.487 e. The van der Waals surface area contributed by atoms with E-state index in [9.17, 15) is 18.0 Å². The van der Waals surface area contributed by atoms with Crippen LogP contribution in [0.3, 0.4) is 0 Å². The first-order chi connectivity index (χ1) is 9.90. The molecule has 2 nitrogen and oxygen atoms in total. The summed E-state index contributed by atoms with van der Waals surface area (Å²) in [5.74, 6) is 0.170. The van der Waals surface area contributed by atoms with E-state index in [2.05, 4.69) is 0 Å². The second kappa shape index (κ2) is 6.18. The van der Waals surface area contributed by atoms with Gasteiger partial charge in [0.2, 0.25) is 0 Å². The molecule has 0 aliphatic rings. The summed E-state index contributed by atoms with van der Waals surface area (Å²) in [4.78, 5) is 10.5. The van der Waals surface area contributed by atoms with Gasteiger partial charge >= 0.3 is 6.18 Å². The van der Waals surface area contributed by atoms with Crippen LogP contribution >= 0.6 is 11.6 Å². The number of carbonyl (C=O) groups is 1. The Morgan fingerprint density at radius 2 is 1.76 bits per heavy atom. The first kappa shape index (κ1) is 15.4. The molecule has 0 heterocycles. The van der Waals surface area contributed by atoms with Crippen LogP contribution in [-0.4, -0.2) is 6.29 Å². The summed E-state index contributed by atoms with van der Waals surface area (Å²) in [6.07, 6.45) is -3.72. The van der Waals surface area contributed by atoms with Gasteiger partial charge in [-0.1, -0.05) is 35.9 Å². The Hall–Kier alpha value is -2.01. The maximum atomic E-state index is 12.5. The van der Waals surface area contributed by atoms with E-state index < -0.39 is 11.7 Å². The summed E-state index contributed by atoms with van der Waals surface area (Å²) in [5, 5.41) is -0.102. The van der Waals surface area contributed by atoms with E-state index in [1.807, 2.05) is 0 Å². The normalized spacial score (nSPS) is 11.2. The summed E-state index contributed by atoms with van der Waals surface area (Å²) in [6.45, 7) is 0.143. The minimum atomic E-state index is -4.44. The van der Waals surface area contributed by atoms with Crippen LogP contribution in [0.1, 0.15) is 21.5 Å². The number of hydrogen-bond donors (Lipinski definition) is 0. The largest absolute Gasteiger partial charge is 0.487 e. The summed E-state index contributed by atoms with van der Waals surface area (Å²) in [7, 11) is 0. The van der Waals surface area contributed by atoms with Crippen molar-refractivity contribution in [3.63, 3.8) is 0 Å². The lowest BCUT2D eigenvalue weighted by Gasteiger charge is -2.11. The van der Waals surface area contributed by atoms with E-state index in [0.717, 1.165) is 24.0 Å². The number of hydrogen-bond acceptors (Lipinski definition) is 2. The van der Waals surface area contributed by atoms with Gasteiger partial charge in [-0.2, -0.15) is 13.2 Å². The molecule has 0 unspecified atom stereocenters. The fourth-order valence-electron chi connectivity index (χ4n) is 1.65. The Bertz CT molecular complexity index is 636. The SMILES string of the molecule is O=Cc1ccc(COc2ccc(C(F)(F)F)cc2Cl)cc1. The number of ether oxygens (including phenoxy) is 1. The molecule has 2 aromatic carbocycles. The molecule has 6 heteroatoms. The summed E-state index contributed by atoms with van der Waals surface area (Å²) < 4.78 is 42.9. The molecule has 110 valence electrons. The van der Waals surface area contributed by atoms with Crippen molar-refractivity contribution in [1.82, 2.24) is 0 Å². The highest BCUT2D eigenvalue weighted by molar-refractivity contribution is 6.32. The van der Waals surface area contributed by atoms with Gasteiger partial charge in [0.1, 0.15) is 18.6 Å². The third-order valence-electron chi connectivity index (χ3n) is 2.77. The second-order valence-electron chi connectivity index (χ2n) is 4.29. The number of aldehydes is 1. The number of carbonyl (C=O) groups excluding carboxylic acids is 1. The van der Waals surface area contributed by atoms with Crippen LogP contribution in [0.15, 0.2) is 42.5 Å². The van der Waals surface area contributed by atoms with E-state index in [1.165, 1.54) is 6.07 Å². The number of rotatable bonds is 4. The van der Waals surface area contributed by atoms with Crippen LogP contribution in [0, 0.1) is 0 Å². The Labute approximate surface area is 124 Å². The van der Waals surface area contributed by atoms with Crippen molar-refractivity contribution in [2.45, 2.75) is 12.8 Å². The van der Waals surface area contributed by atoms with Crippen molar-refractivity contribution >= 4 is 17.9 Å². The van der Waals surface area contributed by atoms with Gasteiger partial charge in [-0.15, -0.1) is 0 Å². The number of alkyl halides is 3. The van der Waals surface area contributed by atoms with Crippen LogP contribution in [0.5, 0.6) is 5.75 Å². The van der Waals surface area contributed by atoms with E-state index >= 15 is 0 Å². The zero-order chi connectivity index (χ0) is 15.5. The lowest BCUT2D eigenvalue weighted by molar-refractivity contribution is -0.137. The lowest BCUT2D eigenvalue weighted by Crippen LogP contribution is -2.05. The lowest BCUT2D eigenvalue weighted by atomic mass is 10.1. The summed E-state index contributed by atoms with van der Waals surface area (Å²) in [5.41, 5.74) is 0.484. The number of benzene rings is 2. The number of halogens is 4. The van der Waals surface area contributed by atoms with Gasteiger partial charge in [0.25, 0.3) is 0 Å². The molecule has 2 rings (SSSR count). The van der Waals surface area contributed by atoms with Gasteiger partial charge in [0, 0.05) is 5.56 Å². The van der Waals surface area contributed by atoms with Crippen molar-refractivity contribution in [3.05, 3.63) is 64.2 Å². The van der Waals surface area contributed by atoms with Crippen LogP contribution in [-0.2, 0) is 12.8 Å². The van der Waals surface area contributed by atoms with Gasteiger partial charge in [-0.3, -0.25) is 4.79 Å². The average molecular weight is 315 g/mol. The van der Waals surface area contributed by atoms with Crippen LogP contribution in [0.4, 0.5) is 13.2 Å². The van der Waals surface area contributed by atoms with Crippen molar-refractivity contribution in [1.29, 1.82) is 0 Å². The van der Waals surface area contributed by atoms with Gasteiger partial charge in [0.15, 0.2) is 0 Å². The molecule has 0 aliphatic carbocycles. The third-order valence-corrected chi connectivity index (χ3v) is 3.06.